The first-order chi connectivity index (χ1) is 16.3. The van der Waals surface area contributed by atoms with Crippen molar-refractivity contribution in [3.63, 3.8) is 0 Å². The summed E-state index contributed by atoms with van der Waals surface area (Å²) in [5, 5.41) is 4.53. The predicted molar refractivity (Wildman–Crippen MR) is 132 cm³/mol. The van der Waals surface area contributed by atoms with Gasteiger partial charge in [0.25, 0.3) is 5.91 Å². The van der Waals surface area contributed by atoms with E-state index in [4.69, 9.17) is 0 Å². The number of piperidine rings is 1. The van der Waals surface area contributed by atoms with E-state index in [-0.39, 0.29) is 23.9 Å². The molecule has 8 heteroatoms. The largest absolute Gasteiger partial charge is 0.351 e. The lowest BCUT2D eigenvalue weighted by Crippen LogP contribution is -2.38. The van der Waals surface area contributed by atoms with Crippen LogP contribution in [0.15, 0.2) is 71.6 Å². The van der Waals surface area contributed by atoms with Crippen molar-refractivity contribution < 1.29 is 18.0 Å². The number of hydrogen-bond acceptors (Lipinski definition) is 4. The molecule has 0 unspecified atom stereocenters. The zero-order valence-corrected chi connectivity index (χ0v) is 20.1. The van der Waals surface area contributed by atoms with Crippen LogP contribution >= 0.6 is 0 Å². The van der Waals surface area contributed by atoms with Crippen LogP contribution in [-0.4, -0.2) is 56.1 Å². The summed E-state index contributed by atoms with van der Waals surface area (Å²) < 4.78 is 26.9. The van der Waals surface area contributed by atoms with Gasteiger partial charge in [-0.25, -0.2) is 8.42 Å². The predicted octanol–water partition coefficient (Wildman–Crippen LogP) is 3.40. The van der Waals surface area contributed by atoms with Crippen LogP contribution in [0.2, 0.25) is 0 Å². The molecule has 0 radical (unpaired) electrons. The van der Waals surface area contributed by atoms with Crippen molar-refractivity contribution >= 4 is 32.6 Å². The summed E-state index contributed by atoms with van der Waals surface area (Å²) in [4.78, 5) is 27.0. The van der Waals surface area contributed by atoms with E-state index in [1.54, 1.807) is 30.3 Å². The molecule has 1 saturated heterocycles. The molecule has 3 aromatic rings. The third-order valence-electron chi connectivity index (χ3n) is 6.13. The Morgan fingerprint density at radius 3 is 2.29 bits per heavy atom. The lowest BCUT2D eigenvalue weighted by molar-refractivity contribution is -0.121. The summed E-state index contributed by atoms with van der Waals surface area (Å²) in [7, 11) is -2.41. The number of carbonyl (C=O) groups is 2. The fourth-order valence-electron chi connectivity index (χ4n) is 4.10. The van der Waals surface area contributed by atoms with Crippen molar-refractivity contribution in [1.29, 1.82) is 0 Å². The van der Waals surface area contributed by atoms with Gasteiger partial charge in [0, 0.05) is 32.2 Å². The molecule has 0 aromatic heterocycles. The van der Waals surface area contributed by atoms with E-state index in [0.29, 0.717) is 5.56 Å². The SMILES string of the molecule is CN(CC(=O)NCc1ccc(C(=O)N2CCCCC2)cc1)S(=O)(=O)c1ccc2ccccc2c1. The summed E-state index contributed by atoms with van der Waals surface area (Å²) >= 11 is 0. The molecule has 7 nitrogen and oxygen atoms in total. The monoisotopic (exact) mass is 479 g/mol. The van der Waals surface area contributed by atoms with Crippen molar-refractivity contribution in [3.8, 4) is 0 Å². The molecule has 1 N–H and O–H groups in total. The molecule has 1 aliphatic heterocycles. The highest BCUT2D eigenvalue weighted by Crippen LogP contribution is 2.21. The van der Waals surface area contributed by atoms with E-state index in [9.17, 15) is 18.0 Å². The van der Waals surface area contributed by atoms with Crippen LogP contribution in [0.4, 0.5) is 0 Å². The van der Waals surface area contributed by atoms with E-state index in [0.717, 1.165) is 46.6 Å². The Balaban J connectivity index is 1.32. The highest BCUT2D eigenvalue weighted by Gasteiger charge is 2.23. The standard InChI is InChI=1S/C26H29N3O4S/c1-28(34(32,33)24-14-13-21-7-3-4-8-23(21)17-24)19-25(30)27-18-20-9-11-22(12-10-20)26(31)29-15-5-2-6-16-29/h3-4,7-14,17H,2,5-6,15-16,18-19H2,1H3,(H,27,30). The van der Waals surface area contributed by atoms with E-state index < -0.39 is 15.9 Å². The summed E-state index contributed by atoms with van der Waals surface area (Å²) in [6, 6.07) is 19.6. The van der Waals surface area contributed by atoms with Crippen LogP contribution < -0.4 is 5.32 Å². The highest BCUT2D eigenvalue weighted by molar-refractivity contribution is 7.89. The molecule has 0 aliphatic carbocycles. The van der Waals surface area contributed by atoms with Crippen molar-refractivity contribution in [2.75, 3.05) is 26.7 Å². The number of likely N-dealkylation sites (tertiary alicyclic amines) is 1. The lowest BCUT2D eigenvalue weighted by Gasteiger charge is -2.26. The molecule has 1 fully saturated rings. The van der Waals surface area contributed by atoms with Crippen LogP contribution in [-0.2, 0) is 21.4 Å². The van der Waals surface area contributed by atoms with Gasteiger partial charge in [-0.05, 0) is 59.9 Å². The molecule has 1 aliphatic rings. The summed E-state index contributed by atoms with van der Waals surface area (Å²) in [5.74, 6) is -0.365. The lowest BCUT2D eigenvalue weighted by atomic mass is 10.1. The molecule has 0 bridgehead atoms. The number of sulfonamides is 1. The fourth-order valence-corrected chi connectivity index (χ4v) is 5.26. The topological polar surface area (TPSA) is 86.8 Å². The van der Waals surface area contributed by atoms with E-state index >= 15 is 0 Å². The number of rotatable bonds is 7. The highest BCUT2D eigenvalue weighted by atomic mass is 32.2. The van der Waals surface area contributed by atoms with Gasteiger partial charge in [-0.2, -0.15) is 4.31 Å². The number of nitrogens with zero attached hydrogens (tertiary/aromatic N) is 2. The van der Waals surface area contributed by atoms with Gasteiger partial charge >= 0.3 is 0 Å². The van der Waals surface area contributed by atoms with Crippen LogP contribution in [0.5, 0.6) is 0 Å². The minimum absolute atomic E-state index is 0.0378. The number of nitrogens with one attached hydrogen (secondary N) is 1. The maximum absolute atomic E-state index is 12.9. The zero-order valence-electron chi connectivity index (χ0n) is 19.2. The van der Waals surface area contributed by atoms with Crippen LogP contribution in [0.3, 0.4) is 0 Å². The molecule has 178 valence electrons. The average molecular weight is 480 g/mol. The van der Waals surface area contributed by atoms with E-state index in [2.05, 4.69) is 5.32 Å². The van der Waals surface area contributed by atoms with Gasteiger partial charge in [-0.15, -0.1) is 0 Å². The molecule has 4 rings (SSSR count). The fraction of sp³-hybridized carbons (Fsp3) is 0.308. The molecule has 3 aromatic carbocycles. The maximum Gasteiger partial charge on any atom is 0.253 e. The smallest absolute Gasteiger partial charge is 0.253 e. The number of hydrogen-bond donors (Lipinski definition) is 1. The Morgan fingerprint density at radius 2 is 1.59 bits per heavy atom. The second-order valence-electron chi connectivity index (χ2n) is 8.60. The van der Waals surface area contributed by atoms with Crippen molar-refractivity contribution in [2.24, 2.45) is 0 Å². The third-order valence-corrected chi connectivity index (χ3v) is 7.93. The normalized spacial score (nSPS) is 14.4. The molecule has 0 saturated carbocycles. The Bertz CT molecular complexity index is 1280. The van der Waals surface area contributed by atoms with Gasteiger partial charge in [0.05, 0.1) is 11.4 Å². The van der Waals surface area contributed by atoms with Gasteiger partial charge < -0.3 is 10.2 Å². The van der Waals surface area contributed by atoms with Crippen LogP contribution in [0, 0.1) is 0 Å². The Morgan fingerprint density at radius 1 is 0.912 bits per heavy atom. The Labute approximate surface area is 200 Å². The first-order valence-electron chi connectivity index (χ1n) is 11.4. The second-order valence-corrected chi connectivity index (χ2v) is 10.6. The number of fused-ring (bicyclic) bond motifs is 1. The Hall–Kier alpha value is -3.23. The van der Waals surface area contributed by atoms with Crippen molar-refractivity contribution in [2.45, 2.75) is 30.7 Å². The van der Waals surface area contributed by atoms with Gasteiger partial charge in [0.15, 0.2) is 0 Å². The second kappa shape index (κ2) is 10.4. The van der Waals surface area contributed by atoms with E-state index in [1.807, 2.05) is 41.3 Å². The molecular formula is C26H29N3O4S. The maximum atomic E-state index is 12.9. The molecular weight excluding hydrogens is 450 g/mol. The number of carbonyl (C=O) groups excluding carboxylic acids is 2. The molecule has 0 atom stereocenters. The quantitative estimate of drug-likeness (QED) is 0.563. The summed E-state index contributed by atoms with van der Waals surface area (Å²) in [6.07, 6.45) is 3.25. The van der Waals surface area contributed by atoms with E-state index in [1.165, 1.54) is 13.5 Å². The first-order valence-corrected chi connectivity index (χ1v) is 12.9. The molecule has 1 heterocycles. The Kier molecular flexibility index (Phi) is 7.29. The van der Waals surface area contributed by atoms with Gasteiger partial charge in [0.2, 0.25) is 15.9 Å². The zero-order chi connectivity index (χ0) is 24.1. The van der Waals surface area contributed by atoms with Gasteiger partial charge in [-0.3, -0.25) is 9.59 Å². The minimum Gasteiger partial charge on any atom is -0.351 e. The van der Waals surface area contributed by atoms with Crippen LogP contribution in [0.1, 0.15) is 35.2 Å². The third kappa shape index (κ3) is 5.46. The molecule has 34 heavy (non-hydrogen) atoms. The minimum atomic E-state index is -3.80. The number of benzene rings is 3. The van der Waals surface area contributed by atoms with Crippen molar-refractivity contribution in [3.05, 3.63) is 77.9 Å². The summed E-state index contributed by atoms with van der Waals surface area (Å²) in [6.45, 7) is 1.56. The number of amides is 2. The van der Waals surface area contributed by atoms with Gasteiger partial charge in [-0.1, -0.05) is 42.5 Å². The van der Waals surface area contributed by atoms with Crippen LogP contribution in [0.25, 0.3) is 10.8 Å². The van der Waals surface area contributed by atoms with Crippen molar-refractivity contribution in [1.82, 2.24) is 14.5 Å². The molecule has 0 spiro atoms. The number of likely N-dealkylation sites (N-methyl/N-ethyl adjacent to an activating group) is 1. The summed E-state index contributed by atoms with van der Waals surface area (Å²) in [5.41, 5.74) is 1.47. The first kappa shape index (κ1) is 23.9. The average Bonchev–Trinajstić information content (AvgIpc) is 2.87. The van der Waals surface area contributed by atoms with Gasteiger partial charge in [0.1, 0.15) is 0 Å². The molecule has 2 amide bonds.